The van der Waals surface area contributed by atoms with Crippen LogP contribution in [-0.4, -0.2) is 35.5 Å². The zero-order chi connectivity index (χ0) is 21.4. The Kier molecular flexibility index (Phi) is 4.14. The molecule has 1 aliphatic heterocycles. The van der Waals surface area contributed by atoms with E-state index in [0.717, 1.165) is 11.3 Å². The molecule has 0 spiro atoms. The van der Waals surface area contributed by atoms with Crippen molar-refractivity contribution < 1.29 is 27.6 Å². The molecule has 1 aromatic carbocycles. The third-order valence-electron chi connectivity index (χ3n) is 7.19. The minimum atomic E-state index is -5.12. The Labute approximate surface area is 171 Å². The summed E-state index contributed by atoms with van der Waals surface area (Å²) in [5.74, 6) is -3.28. The van der Waals surface area contributed by atoms with E-state index in [-0.39, 0.29) is 17.5 Å². The highest BCUT2D eigenvalue weighted by Gasteiger charge is 2.67. The Balaban J connectivity index is 1.49. The lowest BCUT2D eigenvalue weighted by molar-refractivity contribution is -0.171. The van der Waals surface area contributed by atoms with Gasteiger partial charge in [0.25, 0.3) is 0 Å². The second-order valence-corrected chi connectivity index (χ2v) is 8.61. The highest BCUT2D eigenvalue weighted by molar-refractivity contribution is 6.07. The van der Waals surface area contributed by atoms with Gasteiger partial charge < -0.3 is 0 Å². The summed E-state index contributed by atoms with van der Waals surface area (Å²) >= 11 is 0. The molecule has 6 rings (SSSR count). The summed E-state index contributed by atoms with van der Waals surface area (Å²) in [6.45, 7) is 1.06. The average Bonchev–Trinajstić information content (AvgIpc) is 3.51. The van der Waals surface area contributed by atoms with Crippen LogP contribution in [0.2, 0.25) is 0 Å². The molecule has 8 heteroatoms. The number of halogens is 3. The van der Waals surface area contributed by atoms with E-state index < -0.39 is 42.4 Å². The van der Waals surface area contributed by atoms with Crippen molar-refractivity contribution in [2.75, 3.05) is 11.6 Å². The van der Waals surface area contributed by atoms with Gasteiger partial charge in [-0.1, -0.05) is 37.3 Å². The molecule has 3 amide bonds. The van der Waals surface area contributed by atoms with Crippen molar-refractivity contribution >= 4 is 23.4 Å². The quantitative estimate of drug-likeness (QED) is 0.558. The topological polar surface area (TPSA) is 57.7 Å². The van der Waals surface area contributed by atoms with Crippen LogP contribution in [0.3, 0.4) is 0 Å². The van der Waals surface area contributed by atoms with E-state index in [0.29, 0.717) is 28.7 Å². The minimum Gasteiger partial charge on any atom is -0.286 e. The van der Waals surface area contributed by atoms with Crippen LogP contribution in [0.25, 0.3) is 0 Å². The average molecular weight is 418 g/mol. The van der Waals surface area contributed by atoms with Crippen molar-refractivity contribution in [2.24, 2.45) is 35.5 Å². The molecule has 1 heterocycles. The van der Waals surface area contributed by atoms with Crippen molar-refractivity contribution in [3.05, 3.63) is 42.0 Å². The number of hydrogen-bond acceptors (Lipinski definition) is 3. The molecule has 0 aromatic heterocycles. The number of benzene rings is 1. The Bertz CT molecular complexity index is 937. The number of carbonyl (C=O) groups excluding carboxylic acids is 3. The monoisotopic (exact) mass is 418 g/mol. The van der Waals surface area contributed by atoms with Crippen LogP contribution in [0, 0.1) is 35.5 Å². The lowest BCUT2D eigenvalue weighted by Gasteiger charge is -2.37. The van der Waals surface area contributed by atoms with Crippen LogP contribution in [0.4, 0.5) is 18.9 Å². The number of anilines is 1. The van der Waals surface area contributed by atoms with Crippen molar-refractivity contribution in [2.45, 2.75) is 25.9 Å². The van der Waals surface area contributed by atoms with Gasteiger partial charge in [0.05, 0.1) is 11.8 Å². The number of hydrogen-bond donors (Lipinski definition) is 0. The first-order valence-corrected chi connectivity index (χ1v) is 10.2. The highest BCUT2D eigenvalue weighted by Crippen LogP contribution is 2.65. The minimum absolute atomic E-state index is 0.0267. The van der Waals surface area contributed by atoms with Crippen LogP contribution < -0.4 is 4.90 Å². The van der Waals surface area contributed by atoms with Gasteiger partial charge in [0, 0.05) is 5.69 Å². The number of allylic oxidation sites excluding steroid dienone is 2. The molecular formula is C22H21F3N2O3. The second-order valence-electron chi connectivity index (χ2n) is 8.61. The maximum Gasteiger partial charge on any atom is 0.471 e. The first kappa shape index (κ1) is 19.3. The number of nitrogens with zero attached hydrogens (tertiary/aromatic N) is 2. The van der Waals surface area contributed by atoms with Crippen LogP contribution in [0.15, 0.2) is 36.4 Å². The summed E-state index contributed by atoms with van der Waals surface area (Å²) in [4.78, 5) is 40.0. The number of likely N-dealkylation sites (tertiary alicyclic amines) is 1. The Morgan fingerprint density at radius 2 is 1.63 bits per heavy atom. The van der Waals surface area contributed by atoms with Crippen molar-refractivity contribution in [1.29, 1.82) is 0 Å². The van der Waals surface area contributed by atoms with Gasteiger partial charge in [0.1, 0.15) is 6.67 Å². The van der Waals surface area contributed by atoms with Gasteiger partial charge in [0.15, 0.2) is 0 Å². The van der Waals surface area contributed by atoms with Gasteiger partial charge in [-0.3, -0.25) is 24.2 Å². The van der Waals surface area contributed by atoms with E-state index in [4.69, 9.17) is 0 Å². The third kappa shape index (κ3) is 2.65. The first-order chi connectivity index (χ1) is 14.2. The van der Waals surface area contributed by atoms with E-state index in [9.17, 15) is 27.6 Å². The van der Waals surface area contributed by atoms with E-state index in [1.165, 1.54) is 12.1 Å². The van der Waals surface area contributed by atoms with E-state index in [1.807, 2.05) is 12.2 Å². The molecule has 5 aliphatic rings. The molecule has 30 heavy (non-hydrogen) atoms. The maximum atomic E-state index is 13.4. The molecule has 0 unspecified atom stereocenters. The van der Waals surface area contributed by atoms with Gasteiger partial charge in [0.2, 0.25) is 11.8 Å². The molecule has 1 saturated heterocycles. The summed E-state index contributed by atoms with van der Waals surface area (Å²) in [7, 11) is 0. The van der Waals surface area contributed by atoms with Crippen LogP contribution in [0.1, 0.15) is 18.9 Å². The molecule has 1 aromatic rings. The van der Waals surface area contributed by atoms with Gasteiger partial charge in [-0.25, -0.2) is 0 Å². The maximum absolute atomic E-state index is 13.4. The number of aryl methyl sites for hydroxylation is 1. The molecule has 6 atom stereocenters. The number of imide groups is 1. The fraction of sp³-hybridized carbons (Fsp3) is 0.500. The molecular weight excluding hydrogens is 397 g/mol. The molecule has 5 nitrogen and oxygen atoms in total. The fourth-order valence-electron chi connectivity index (χ4n) is 5.78. The van der Waals surface area contributed by atoms with E-state index >= 15 is 0 Å². The first-order valence-electron chi connectivity index (χ1n) is 10.2. The van der Waals surface area contributed by atoms with Crippen LogP contribution >= 0.6 is 0 Å². The summed E-state index contributed by atoms with van der Waals surface area (Å²) in [5.41, 5.74) is 0.608. The zero-order valence-corrected chi connectivity index (χ0v) is 16.3. The van der Waals surface area contributed by atoms with E-state index in [2.05, 4.69) is 0 Å². The van der Waals surface area contributed by atoms with Crippen molar-refractivity contribution in [3.63, 3.8) is 0 Å². The van der Waals surface area contributed by atoms with Gasteiger partial charge >= 0.3 is 12.1 Å². The Morgan fingerprint density at radius 3 is 2.17 bits per heavy atom. The predicted octanol–water partition coefficient (Wildman–Crippen LogP) is 3.15. The summed E-state index contributed by atoms with van der Waals surface area (Å²) < 4.78 is 40.2. The third-order valence-corrected chi connectivity index (χ3v) is 7.19. The summed E-state index contributed by atoms with van der Waals surface area (Å²) in [6.07, 6.45) is 0.280. The van der Waals surface area contributed by atoms with Gasteiger partial charge in [-0.15, -0.1) is 0 Å². The second kappa shape index (κ2) is 6.43. The molecule has 2 bridgehead atoms. The lowest BCUT2D eigenvalue weighted by Crippen LogP contribution is -2.49. The summed E-state index contributed by atoms with van der Waals surface area (Å²) in [5, 5.41) is 0. The molecule has 4 aliphatic carbocycles. The smallest absolute Gasteiger partial charge is 0.286 e. The predicted molar refractivity (Wildman–Crippen MR) is 101 cm³/mol. The molecule has 3 fully saturated rings. The Morgan fingerprint density at radius 1 is 1.07 bits per heavy atom. The largest absolute Gasteiger partial charge is 0.471 e. The SMILES string of the molecule is CCc1ccccc1N(CN1C(=O)[C@@H]2[C@@H]3C=C[C@H]([C@@H]4C[C@H]34)[C@@H]2C1=O)C(=O)C(F)(F)F. The number of rotatable bonds is 4. The number of amides is 3. The van der Waals surface area contributed by atoms with Crippen LogP contribution in [-0.2, 0) is 20.8 Å². The lowest BCUT2D eigenvalue weighted by atomic mass is 9.63. The Hall–Kier alpha value is -2.64. The molecule has 0 radical (unpaired) electrons. The number of alkyl halides is 3. The molecule has 0 N–H and O–H groups in total. The van der Waals surface area contributed by atoms with Crippen LogP contribution in [0.5, 0.6) is 0 Å². The molecule has 2 saturated carbocycles. The number of para-hydroxylation sites is 1. The zero-order valence-electron chi connectivity index (χ0n) is 16.3. The molecule has 158 valence electrons. The normalized spacial score (nSPS) is 33.5. The standard InChI is InChI=1S/C22H21F3N2O3/c1-2-11-5-3-4-6-16(11)26(21(30)22(23,24)25)10-27-19(28)17-12-7-8-13(15-9-14(12)15)18(17)20(27)29/h3-8,12-15,17-18H,2,9-10H2,1H3/t12-,13-,14-,15+,17-,18+/m1/s1. The fourth-order valence-corrected chi connectivity index (χ4v) is 5.78. The number of carbonyl (C=O) groups is 3. The summed E-state index contributed by atoms with van der Waals surface area (Å²) in [6, 6.07) is 6.27. The van der Waals surface area contributed by atoms with Crippen molar-refractivity contribution in [1.82, 2.24) is 4.90 Å². The van der Waals surface area contributed by atoms with Gasteiger partial charge in [-0.05, 0) is 48.1 Å². The highest BCUT2D eigenvalue weighted by atomic mass is 19.4. The van der Waals surface area contributed by atoms with Gasteiger partial charge in [-0.2, -0.15) is 13.2 Å². The van der Waals surface area contributed by atoms with Crippen molar-refractivity contribution in [3.8, 4) is 0 Å². The van der Waals surface area contributed by atoms with E-state index in [1.54, 1.807) is 19.1 Å².